The summed E-state index contributed by atoms with van der Waals surface area (Å²) in [5, 5.41) is 8.13. The smallest absolute Gasteiger partial charge is 0.242 e. The van der Waals surface area contributed by atoms with Crippen molar-refractivity contribution in [1.82, 2.24) is 9.99 Å². The molecule has 0 radical (unpaired) electrons. The van der Waals surface area contributed by atoms with Gasteiger partial charge in [0.25, 0.3) is 0 Å². The summed E-state index contributed by atoms with van der Waals surface area (Å²) in [4.78, 5) is 17.9. The molecule has 6 heteroatoms. The molecule has 0 aliphatic carbocycles. The molecule has 5 nitrogen and oxygen atoms in total. The molecule has 0 fully saturated rings. The van der Waals surface area contributed by atoms with Gasteiger partial charge in [0.05, 0.1) is 24.4 Å². The summed E-state index contributed by atoms with van der Waals surface area (Å²) in [5.41, 5.74) is 6.52. The fourth-order valence-electron chi connectivity index (χ4n) is 4.85. The number of carbonyl (C=O) groups is 1. The number of aromatic nitrogens is 1. The van der Waals surface area contributed by atoms with Gasteiger partial charge >= 0.3 is 0 Å². The van der Waals surface area contributed by atoms with Gasteiger partial charge in [-0.05, 0) is 36.8 Å². The number of hydrazone groups is 1. The number of hydrogen-bond donors (Lipinski definition) is 0. The first-order valence-electron chi connectivity index (χ1n) is 11.7. The quantitative estimate of drug-likeness (QED) is 0.308. The van der Waals surface area contributed by atoms with Crippen LogP contribution in [0.4, 0.5) is 0 Å². The Morgan fingerprint density at radius 3 is 2.54 bits per heavy atom. The van der Waals surface area contributed by atoms with Crippen LogP contribution < -0.4 is 4.74 Å². The Balaban J connectivity index is 1.74. The first kappa shape index (κ1) is 23.1. The lowest BCUT2D eigenvalue weighted by atomic mass is 9.89. The number of aryl methyl sites for hydroxylation is 1. The highest BCUT2D eigenvalue weighted by molar-refractivity contribution is 6.31. The van der Waals surface area contributed by atoms with Crippen molar-refractivity contribution in [3.05, 3.63) is 94.6 Å². The van der Waals surface area contributed by atoms with Gasteiger partial charge in [-0.25, -0.2) is 5.01 Å². The Morgan fingerprint density at radius 2 is 1.80 bits per heavy atom. The van der Waals surface area contributed by atoms with E-state index in [4.69, 9.17) is 26.4 Å². The van der Waals surface area contributed by atoms with Crippen LogP contribution in [-0.4, -0.2) is 28.7 Å². The maximum Gasteiger partial charge on any atom is 0.242 e. The fourth-order valence-corrected chi connectivity index (χ4v) is 5.03. The van der Waals surface area contributed by atoms with Crippen molar-refractivity contribution < 1.29 is 9.53 Å². The van der Waals surface area contributed by atoms with E-state index in [0.717, 1.165) is 50.3 Å². The van der Waals surface area contributed by atoms with E-state index in [1.54, 1.807) is 12.1 Å². The van der Waals surface area contributed by atoms with Crippen molar-refractivity contribution >= 4 is 34.1 Å². The number of methoxy groups -OCH3 is 1. The van der Waals surface area contributed by atoms with Crippen molar-refractivity contribution in [2.75, 3.05) is 7.11 Å². The standard InChI is InChI=1S/C29H26ClN3O2/c1-4-27(34)33-25(21-12-8-9-13-26(21)35-3)17-24(32-33)28-18(2)31-23-15-14-20(30)16-22(23)29(28)19-10-6-5-7-11-19/h5-16,25H,4,17H2,1-3H3. The molecule has 5 rings (SSSR count). The highest BCUT2D eigenvalue weighted by Crippen LogP contribution is 2.41. The first-order chi connectivity index (χ1) is 17.0. The predicted molar refractivity (Wildman–Crippen MR) is 141 cm³/mol. The molecule has 1 aliphatic heterocycles. The summed E-state index contributed by atoms with van der Waals surface area (Å²) in [7, 11) is 1.65. The van der Waals surface area contributed by atoms with Crippen LogP contribution >= 0.6 is 11.6 Å². The predicted octanol–water partition coefficient (Wildman–Crippen LogP) is 6.96. The van der Waals surface area contributed by atoms with Gasteiger partial charge in [-0.1, -0.05) is 67.1 Å². The van der Waals surface area contributed by atoms with Crippen molar-refractivity contribution in [3.63, 3.8) is 0 Å². The highest BCUT2D eigenvalue weighted by atomic mass is 35.5. The first-order valence-corrected chi connectivity index (χ1v) is 12.1. The zero-order valence-corrected chi connectivity index (χ0v) is 20.7. The monoisotopic (exact) mass is 483 g/mol. The van der Waals surface area contributed by atoms with E-state index in [1.165, 1.54) is 0 Å². The molecule has 4 aromatic rings. The van der Waals surface area contributed by atoms with Crippen LogP contribution in [0.5, 0.6) is 5.75 Å². The van der Waals surface area contributed by atoms with E-state index in [1.807, 2.05) is 74.5 Å². The molecule has 0 bridgehead atoms. The maximum atomic E-state index is 13.0. The zero-order chi connectivity index (χ0) is 24.5. The van der Waals surface area contributed by atoms with Crippen molar-refractivity contribution in [3.8, 4) is 16.9 Å². The van der Waals surface area contributed by atoms with Gasteiger partial charge in [0.1, 0.15) is 5.75 Å². The molecule has 2 heterocycles. The van der Waals surface area contributed by atoms with Crippen LogP contribution in [0.2, 0.25) is 5.02 Å². The number of ether oxygens (including phenoxy) is 1. The average molecular weight is 484 g/mol. The minimum Gasteiger partial charge on any atom is -0.496 e. The van der Waals surface area contributed by atoms with Gasteiger partial charge in [-0.3, -0.25) is 9.78 Å². The summed E-state index contributed by atoms with van der Waals surface area (Å²) in [6.07, 6.45) is 0.916. The number of halogens is 1. The van der Waals surface area contributed by atoms with Gasteiger partial charge < -0.3 is 4.74 Å². The lowest BCUT2D eigenvalue weighted by Gasteiger charge is -2.23. The maximum absolute atomic E-state index is 13.0. The topological polar surface area (TPSA) is 54.8 Å². The molecule has 1 unspecified atom stereocenters. The van der Waals surface area contributed by atoms with E-state index in [-0.39, 0.29) is 11.9 Å². The second-order valence-corrected chi connectivity index (χ2v) is 9.01. The van der Waals surface area contributed by atoms with Gasteiger partial charge in [-0.15, -0.1) is 0 Å². The Kier molecular flexibility index (Phi) is 6.27. The number of nitrogens with zero attached hydrogens (tertiary/aromatic N) is 3. The molecular weight excluding hydrogens is 458 g/mol. The summed E-state index contributed by atoms with van der Waals surface area (Å²) in [5.74, 6) is 0.706. The number of pyridine rings is 1. The van der Waals surface area contributed by atoms with Gasteiger partial charge in [0.2, 0.25) is 5.91 Å². The SMILES string of the molecule is CCC(=O)N1N=C(c2c(C)nc3ccc(Cl)cc3c2-c2ccccc2)CC1c1ccccc1OC. The molecule has 1 aromatic heterocycles. The van der Waals surface area contributed by atoms with Crippen LogP contribution in [0, 0.1) is 6.92 Å². The summed E-state index contributed by atoms with van der Waals surface area (Å²) < 4.78 is 5.63. The van der Waals surface area contributed by atoms with E-state index in [2.05, 4.69) is 12.1 Å². The van der Waals surface area contributed by atoms with Gasteiger partial charge in [0, 0.05) is 45.6 Å². The van der Waals surface area contributed by atoms with Crippen molar-refractivity contribution in [1.29, 1.82) is 0 Å². The summed E-state index contributed by atoms with van der Waals surface area (Å²) in [6, 6.07) is 23.5. The number of para-hydroxylation sites is 1. The van der Waals surface area contributed by atoms with E-state index >= 15 is 0 Å². The molecule has 3 aromatic carbocycles. The summed E-state index contributed by atoms with van der Waals surface area (Å²) >= 11 is 6.43. The van der Waals surface area contributed by atoms with Crippen LogP contribution in [0.3, 0.4) is 0 Å². The number of carbonyl (C=O) groups excluding carboxylic acids is 1. The Bertz CT molecular complexity index is 1450. The molecule has 35 heavy (non-hydrogen) atoms. The van der Waals surface area contributed by atoms with Crippen LogP contribution in [0.1, 0.15) is 42.6 Å². The van der Waals surface area contributed by atoms with Gasteiger partial charge in [-0.2, -0.15) is 5.10 Å². The molecule has 1 aliphatic rings. The number of rotatable bonds is 5. The third-order valence-electron chi connectivity index (χ3n) is 6.45. The number of benzene rings is 3. The summed E-state index contributed by atoms with van der Waals surface area (Å²) in [6.45, 7) is 3.86. The number of hydrogen-bond acceptors (Lipinski definition) is 4. The largest absolute Gasteiger partial charge is 0.496 e. The third kappa shape index (κ3) is 4.17. The molecule has 0 saturated heterocycles. The molecular formula is C29H26ClN3O2. The van der Waals surface area contributed by atoms with E-state index < -0.39 is 0 Å². The third-order valence-corrected chi connectivity index (χ3v) is 6.68. The van der Waals surface area contributed by atoms with Crippen LogP contribution in [0.25, 0.3) is 22.0 Å². The Morgan fingerprint density at radius 1 is 1.06 bits per heavy atom. The lowest BCUT2D eigenvalue weighted by Crippen LogP contribution is -2.26. The number of amides is 1. The Hall–Kier alpha value is -3.70. The molecule has 1 amide bonds. The van der Waals surface area contributed by atoms with Gasteiger partial charge in [0.15, 0.2) is 0 Å². The zero-order valence-electron chi connectivity index (χ0n) is 20.0. The minimum absolute atomic E-state index is 0.0355. The normalized spacial score (nSPS) is 15.4. The van der Waals surface area contributed by atoms with Crippen LogP contribution in [-0.2, 0) is 4.79 Å². The molecule has 0 spiro atoms. The van der Waals surface area contributed by atoms with E-state index in [9.17, 15) is 4.79 Å². The second kappa shape index (κ2) is 9.51. The van der Waals surface area contributed by atoms with E-state index in [0.29, 0.717) is 17.9 Å². The molecule has 0 saturated carbocycles. The molecule has 1 atom stereocenters. The van der Waals surface area contributed by atoms with Crippen molar-refractivity contribution in [2.45, 2.75) is 32.7 Å². The average Bonchev–Trinajstić information content (AvgIpc) is 3.33. The molecule has 0 N–H and O–H groups in total. The number of fused-ring (bicyclic) bond motifs is 1. The minimum atomic E-state index is -0.258. The van der Waals surface area contributed by atoms with Crippen LogP contribution in [0.15, 0.2) is 77.9 Å². The highest BCUT2D eigenvalue weighted by Gasteiger charge is 2.36. The Labute approximate surface area is 210 Å². The lowest BCUT2D eigenvalue weighted by molar-refractivity contribution is -0.132. The second-order valence-electron chi connectivity index (χ2n) is 8.58. The molecule has 176 valence electrons. The fraction of sp³-hybridized carbons (Fsp3) is 0.207. The van der Waals surface area contributed by atoms with Crippen molar-refractivity contribution in [2.24, 2.45) is 5.10 Å².